The molecule has 1 aromatic rings. The largest absolute Gasteiger partial charge is 0.453 e. The Morgan fingerprint density at radius 1 is 1.13 bits per heavy atom. The predicted molar refractivity (Wildman–Crippen MR) is 152 cm³/mol. The number of nitrogens with one attached hydrogen (secondary N) is 3. The van der Waals surface area contributed by atoms with Crippen LogP contribution in [0.3, 0.4) is 0 Å². The van der Waals surface area contributed by atoms with Crippen LogP contribution >= 0.6 is 11.6 Å². The van der Waals surface area contributed by atoms with E-state index in [0.717, 1.165) is 37.8 Å². The molecule has 9 heteroatoms. The number of ether oxygens (including phenoxy) is 2. The molecule has 0 bridgehead atoms. The van der Waals surface area contributed by atoms with Gasteiger partial charge in [0, 0.05) is 42.7 Å². The molecule has 8 nitrogen and oxygen atoms in total. The van der Waals surface area contributed by atoms with Crippen molar-refractivity contribution in [1.29, 1.82) is 0 Å². The monoisotopic (exact) mass is 550 g/mol. The van der Waals surface area contributed by atoms with Crippen molar-refractivity contribution in [3.05, 3.63) is 34.9 Å². The third-order valence-electron chi connectivity index (χ3n) is 8.12. The third-order valence-corrected chi connectivity index (χ3v) is 8.36. The molecule has 4 unspecified atom stereocenters. The van der Waals surface area contributed by atoms with Gasteiger partial charge in [0.1, 0.15) is 0 Å². The standard InChI is InChI=1S/C29H47ClN4O4/c1-4-25(31-2)26(18-21-10-6-5-7-11-21)33-28(35)34-16-9-13-23(20-34)27(22-12-8-14-24(30)19-22)38-17-15-32-29(36)37-3/h8,12,14,19,21,23,25-27,31H,4-7,9-11,13,15-18,20H2,1-3H3,(H,32,36)(H,33,35). The quantitative estimate of drug-likeness (QED) is 0.298. The maximum atomic E-state index is 13.6. The number of amides is 3. The number of piperidine rings is 1. The van der Waals surface area contributed by atoms with Crippen LogP contribution in [0.25, 0.3) is 0 Å². The Labute approximate surface area is 233 Å². The summed E-state index contributed by atoms with van der Waals surface area (Å²) in [7, 11) is 3.33. The molecule has 3 N–H and O–H groups in total. The van der Waals surface area contributed by atoms with Crippen LogP contribution in [0.4, 0.5) is 9.59 Å². The maximum Gasteiger partial charge on any atom is 0.406 e. The predicted octanol–water partition coefficient (Wildman–Crippen LogP) is 5.51. The minimum Gasteiger partial charge on any atom is -0.453 e. The molecule has 3 amide bonds. The van der Waals surface area contributed by atoms with Crippen molar-refractivity contribution in [3.63, 3.8) is 0 Å². The number of hydrogen-bond acceptors (Lipinski definition) is 5. The average molecular weight is 551 g/mol. The zero-order valence-corrected chi connectivity index (χ0v) is 24.1. The molecule has 38 heavy (non-hydrogen) atoms. The van der Waals surface area contributed by atoms with E-state index in [9.17, 15) is 9.59 Å². The van der Waals surface area contributed by atoms with Crippen LogP contribution in [0.15, 0.2) is 24.3 Å². The van der Waals surface area contributed by atoms with Gasteiger partial charge < -0.3 is 30.3 Å². The molecular weight excluding hydrogens is 504 g/mol. The van der Waals surface area contributed by atoms with E-state index < -0.39 is 6.09 Å². The second-order valence-electron chi connectivity index (χ2n) is 10.7. The van der Waals surface area contributed by atoms with Gasteiger partial charge in [-0.1, -0.05) is 62.8 Å². The summed E-state index contributed by atoms with van der Waals surface area (Å²) in [5.74, 6) is 0.805. The number of likely N-dealkylation sites (N-methyl/N-ethyl adjacent to an activating group) is 1. The summed E-state index contributed by atoms with van der Waals surface area (Å²) >= 11 is 6.31. The zero-order chi connectivity index (χ0) is 27.3. The Hall–Kier alpha value is -2.03. The first-order valence-corrected chi connectivity index (χ1v) is 14.7. The fraction of sp³-hybridized carbons (Fsp3) is 0.724. The van der Waals surface area contributed by atoms with Gasteiger partial charge in [-0.3, -0.25) is 0 Å². The molecule has 1 saturated heterocycles. The molecule has 4 atom stereocenters. The van der Waals surface area contributed by atoms with E-state index in [0.29, 0.717) is 30.6 Å². The number of halogens is 1. The molecule has 1 saturated carbocycles. The highest BCUT2D eigenvalue weighted by atomic mass is 35.5. The van der Waals surface area contributed by atoms with E-state index in [1.165, 1.54) is 39.2 Å². The van der Waals surface area contributed by atoms with E-state index in [4.69, 9.17) is 16.3 Å². The number of likely N-dealkylation sites (tertiary alicyclic amines) is 1. The van der Waals surface area contributed by atoms with Crippen LogP contribution in [0.2, 0.25) is 5.02 Å². The van der Waals surface area contributed by atoms with Gasteiger partial charge in [0.15, 0.2) is 0 Å². The number of methoxy groups -OCH3 is 1. The molecule has 214 valence electrons. The van der Waals surface area contributed by atoms with Gasteiger partial charge in [0.25, 0.3) is 0 Å². The molecule has 0 aromatic heterocycles. The van der Waals surface area contributed by atoms with Gasteiger partial charge in [0.2, 0.25) is 0 Å². The zero-order valence-electron chi connectivity index (χ0n) is 23.3. The molecule has 1 aromatic carbocycles. The number of alkyl carbamates (subject to hydrolysis) is 1. The van der Waals surface area contributed by atoms with Gasteiger partial charge in [-0.15, -0.1) is 0 Å². The van der Waals surface area contributed by atoms with Crippen LogP contribution in [0.1, 0.15) is 76.4 Å². The third kappa shape index (κ3) is 9.31. The number of benzene rings is 1. The Morgan fingerprint density at radius 2 is 1.92 bits per heavy atom. The number of hydrogen-bond donors (Lipinski definition) is 3. The Bertz CT molecular complexity index is 863. The normalized spacial score (nSPS) is 20.8. The average Bonchev–Trinajstić information content (AvgIpc) is 2.94. The van der Waals surface area contributed by atoms with Gasteiger partial charge >= 0.3 is 12.1 Å². The highest BCUT2D eigenvalue weighted by Crippen LogP contribution is 2.34. The minimum absolute atomic E-state index is 0.0152. The summed E-state index contributed by atoms with van der Waals surface area (Å²) in [6.45, 7) is 4.20. The molecule has 0 radical (unpaired) electrons. The van der Waals surface area contributed by atoms with Crippen molar-refractivity contribution in [2.75, 3.05) is 40.4 Å². The lowest BCUT2D eigenvalue weighted by molar-refractivity contribution is -0.00872. The second-order valence-corrected chi connectivity index (χ2v) is 11.1. The molecule has 3 rings (SSSR count). The van der Waals surface area contributed by atoms with Gasteiger partial charge in [-0.05, 0) is 56.3 Å². The van der Waals surface area contributed by atoms with Gasteiger partial charge in [-0.25, -0.2) is 9.59 Å². The summed E-state index contributed by atoms with van der Waals surface area (Å²) in [5, 5.41) is 10.2. The van der Waals surface area contributed by atoms with Crippen LogP contribution in [-0.4, -0.2) is 69.5 Å². The SMILES string of the molecule is CCC(NC)C(CC1CCCCC1)NC(=O)N1CCCC(C(OCCNC(=O)OC)c2cccc(Cl)c2)C1. The van der Waals surface area contributed by atoms with Crippen LogP contribution in [-0.2, 0) is 9.47 Å². The van der Waals surface area contributed by atoms with Crippen molar-refractivity contribution < 1.29 is 19.1 Å². The van der Waals surface area contributed by atoms with E-state index in [-0.39, 0.29) is 30.1 Å². The molecular formula is C29H47ClN4O4. The summed E-state index contributed by atoms with van der Waals surface area (Å²) < 4.78 is 11.0. The van der Waals surface area contributed by atoms with E-state index in [1.807, 2.05) is 36.2 Å². The highest BCUT2D eigenvalue weighted by molar-refractivity contribution is 6.30. The van der Waals surface area contributed by atoms with Crippen molar-refractivity contribution in [2.45, 2.75) is 82.9 Å². The van der Waals surface area contributed by atoms with Crippen LogP contribution < -0.4 is 16.0 Å². The van der Waals surface area contributed by atoms with Crippen molar-refractivity contribution >= 4 is 23.7 Å². The fourth-order valence-corrected chi connectivity index (χ4v) is 6.28. The Morgan fingerprint density at radius 3 is 2.61 bits per heavy atom. The summed E-state index contributed by atoms with van der Waals surface area (Å²) in [4.78, 5) is 27.0. The highest BCUT2D eigenvalue weighted by Gasteiger charge is 2.33. The number of nitrogens with zero attached hydrogens (tertiary/aromatic N) is 1. The number of carbonyl (C=O) groups excluding carboxylic acids is 2. The molecule has 2 aliphatic rings. The van der Waals surface area contributed by atoms with E-state index in [1.54, 1.807) is 0 Å². The topological polar surface area (TPSA) is 91.9 Å². The lowest BCUT2D eigenvalue weighted by Gasteiger charge is -2.39. The molecule has 0 spiro atoms. The maximum absolute atomic E-state index is 13.6. The van der Waals surface area contributed by atoms with Gasteiger partial charge in [0.05, 0.1) is 19.8 Å². The van der Waals surface area contributed by atoms with Crippen LogP contribution in [0.5, 0.6) is 0 Å². The molecule has 2 fully saturated rings. The number of urea groups is 1. The molecule has 1 aliphatic carbocycles. The van der Waals surface area contributed by atoms with Crippen molar-refractivity contribution in [3.8, 4) is 0 Å². The summed E-state index contributed by atoms with van der Waals surface area (Å²) in [6, 6.07) is 8.10. The fourth-order valence-electron chi connectivity index (χ4n) is 6.09. The van der Waals surface area contributed by atoms with Gasteiger partial charge in [-0.2, -0.15) is 0 Å². The molecule has 1 aliphatic heterocycles. The number of rotatable bonds is 12. The smallest absolute Gasteiger partial charge is 0.406 e. The van der Waals surface area contributed by atoms with E-state index >= 15 is 0 Å². The first-order valence-electron chi connectivity index (χ1n) is 14.4. The Balaban J connectivity index is 1.67. The van der Waals surface area contributed by atoms with Crippen LogP contribution in [0, 0.1) is 11.8 Å². The Kier molecular flexibility index (Phi) is 13.0. The number of carbonyl (C=O) groups is 2. The minimum atomic E-state index is -0.483. The van der Waals surface area contributed by atoms with E-state index in [2.05, 4.69) is 27.6 Å². The summed E-state index contributed by atoms with van der Waals surface area (Å²) in [6.07, 6.45) is 9.62. The second kappa shape index (κ2) is 16.2. The summed E-state index contributed by atoms with van der Waals surface area (Å²) in [5.41, 5.74) is 0.985. The lowest BCUT2D eigenvalue weighted by atomic mass is 9.83. The molecule has 1 heterocycles. The lowest BCUT2D eigenvalue weighted by Crippen LogP contribution is -2.55. The first-order chi connectivity index (χ1) is 18.4. The first kappa shape index (κ1) is 30.5. The van der Waals surface area contributed by atoms with Crippen molar-refractivity contribution in [2.24, 2.45) is 11.8 Å². The van der Waals surface area contributed by atoms with Crippen molar-refractivity contribution in [1.82, 2.24) is 20.9 Å².